The van der Waals surface area contributed by atoms with E-state index in [0.29, 0.717) is 10.9 Å². The van der Waals surface area contributed by atoms with E-state index in [2.05, 4.69) is 10.6 Å². The molecule has 1 aromatic carbocycles. The van der Waals surface area contributed by atoms with Gasteiger partial charge in [0.25, 0.3) is 0 Å². The fourth-order valence-corrected chi connectivity index (χ4v) is 3.84. The number of halogens is 1. The highest BCUT2D eigenvalue weighted by molar-refractivity contribution is 6.33. The summed E-state index contributed by atoms with van der Waals surface area (Å²) in [5.74, 6) is 0.611. The van der Waals surface area contributed by atoms with Gasteiger partial charge < -0.3 is 10.6 Å². The first-order valence-electron chi connectivity index (χ1n) is 7.40. The Labute approximate surface area is 125 Å². The molecule has 0 bridgehead atoms. The Morgan fingerprint density at radius 2 is 2.30 bits per heavy atom. The molecule has 0 radical (unpaired) electrons. The maximum absolute atomic E-state index is 12.8. The predicted molar refractivity (Wildman–Crippen MR) is 82.1 cm³/mol. The second kappa shape index (κ2) is 5.38. The van der Waals surface area contributed by atoms with Crippen LogP contribution in [-0.4, -0.2) is 19.0 Å². The number of aryl methyl sites for hydroxylation is 1. The minimum atomic E-state index is -0.231. The molecule has 1 saturated heterocycles. The van der Waals surface area contributed by atoms with Crippen molar-refractivity contribution in [3.63, 3.8) is 0 Å². The fraction of sp³-hybridized carbons (Fsp3) is 0.562. The highest BCUT2D eigenvalue weighted by Gasteiger charge is 2.49. The van der Waals surface area contributed by atoms with Gasteiger partial charge in [0.1, 0.15) is 0 Å². The summed E-state index contributed by atoms with van der Waals surface area (Å²) in [5, 5.41) is 7.09. The number of benzene rings is 1. The molecule has 0 unspecified atom stereocenters. The lowest BCUT2D eigenvalue weighted by atomic mass is 9.67. The van der Waals surface area contributed by atoms with Gasteiger partial charge in [-0.05, 0) is 49.9 Å². The van der Waals surface area contributed by atoms with Crippen molar-refractivity contribution in [2.24, 2.45) is 11.3 Å². The predicted octanol–water partition coefficient (Wildman–Crippen LogP) is 3.37. The van der Waals surface area contributed by atoms with E-state index in [4.69, 9.17) is 11.6 Å². The molecule has 3 rings (SSSR count). The molecule has 1 aromatic rings. The van der Waals surface area contributed by atoms with Gasteiger partial charge in [-0.3, -0.25) is 4.79 Å². The molecule has 0 spiro atoms. The smallest absolute Gasteiger partial charge is 0.232 e. The van der Waals surface area contributed by atoms with Gasteiger partial charge in [0.05, 0.1) is 16.1 Å². The Morgan fingerprint density at radius 1 is 1.45 bits per heavy atom. The first kappa shape index (κ1) is 13.9. The zero-order chi connectivity index (χ0) is 14.2. The molecular weight excluding hydrogens is 272 g/mol. The van der Waals surface area contributed by atoms with Crippen molar-refractivity contribution in [2.75, 3.05) is 18.4 Å². The van der Waals surface area contributed by atoms with E-state index in [1.54, 1.807) is 0 Å². The van der Waals surface area contributed by atoms with Crippen molar-refractivity contribution < 1.29 is 4.79 Å². The number of anilines is 1. The summed E-state index contributed by atoms with van der Waals surface area (Å²) in [6.07, 6.45) is 4.53. The van der Waals surface area contributed by atoms with Gasteiger partial charge in [-0.25, -0.2) is 0 Å². The Balaban J connectivity index is 1.83. The number of amides is 1. The van der Waals surface area contributed by atoms with E-state index in [1.807, 2.05) is 25.1 Å². The van der Waals surface area contributed by atoms with Gasteiger partial charge in [0, 0.05) is 6.54 Å². The van der Waals surface area contributed by atoms with E-state index < -0.39 is 0 Å². The molecule has 1 aliphatic carbocycles. The lowest BCUT2D eigenvalue weighted by Gasteiger charge is -2.37. The SMILES string of the molecule is Cc1ccc(Cl)c(NC(=O)[C@@]23CCCC[C@H]2CNC3)c1. The average molecular weight is 293 g/mol. The Morgan fingerprint density at radius 3 is 3.15 bits per heavy atom. The lowest BCUT2D eigenvalue weighted by molar-refractivity contribution is -0.128. The summed E-state index contributed by atoms with van der Waals surface area (Å²) in [5.41, 5.74) is 1.61. The second-order valence-corrected chi connectivity index (χ2v) is 6.57. The third-order valence-corrected chi connectivity index (χ3v) is 5.19. The lowest BCUT2D eigenvalue weighted by Crippen LogP contribution is -2.44. The van der Waals surface area contributed by atoms with Crippen LogP contribution in [0.3, 0.4) is 0 Å². The molecule has 1 heterocycles. The number of rotatable bonds is 2. The standard InChI is InChI=1S/C16H21ClN2O/c1-11-5-6-13(17)14(8-11)19-15(20)16-7-3-2-4-12(16)9-18-10-16/h5-6,8,12,18H,2-4,7,9-10H2,1H3,(H,19,20)/t12-,16+/m0/s1. The minimum Gasteiger partial charge on any atom is -0.324 e. The van der Waals surface area contributed by atoms with Gasteiger partial charge >= 0.3 is 0 Å². The first-order valence-corrected chi connectivity index (χ1v) is 7.78. The molecule has 0 aromatic heterocycles. The number of hydrogen-bond acceptors (Lipinski definition) is 2. The van der Waals surface area contributed by atoms with Crippen LogP contribution in [-0.2, 0) is 4.79 Å². The summed E-state index contributed by atoms with van der Waals surface area (Å²) in [7, 11) is 0. The summed E-state index contributed by atoms with van der Waals surface area (Å²) in [4.78, 5) is 12.8. The number of carbonyl (C=O) groups is 1. The monoisotopic (exact) mass is 292 g/mol. The zero-order valence-electron chi connectivity index (χ0n) is 11.8. The molecular formula is C16H21ClN2O. The highest BCUT2D eigenvalue weighted by atomic mass is 35.5. The van der Waals surface area contributed by atoms with Crippen molar-refractivity contribution >= 4 is 23.2 Å². The molecule has 108 valence electrons. The van der Waals surface area contributed by atoms with Gasteiger partial charge in [-0.1, -0.05) is 30.5 Å². The molecule has 2 aliphatic rings. The highest BCUT2D eigenvalue weighted by Crippen LogP contribution is 2.44. The van der Waals surface area contributed by atoms with Crippen molar-refractivity contribution in [2.45, 2.75) is 32.6 Å². The van der Waals surface area contributed by atoms with Crippen LogP contribution in [0.1, 0.15) is 31.2 Å². The van der Waals surface area contributed by atoms with Crippen LogP contribution in [0.15, 0.2) is 18.2 Å². The fourth-order valence-electron chi connectivity index (χ4n) is 3.67. The van der Waals surface area contributed by atoms with Crippen LogP contribution in [0.5, 0.6) is 0 Å². The third-order valence-electron chi connectivity index (χ3n) is 4.86. The molecule has 2 N–H and O–H groups in total. The summed E-state index contributed by atoms with van der Waals surface area (Å²) in [6.45, 7) is 3.77. The maximum Gasteiger partial charge on any atom is 0.232 e. The topological polar surface area (TPSA) is 41.1 Å². The Bertz CT molecular complexity index is 531. The van der Waals surface area contributed by atoms with E-state index in [0.717, 1.165) is 43.6 Å². The summed E-state index contributed by atoms with van der Waals surface area (Å²) >= 11 is 6.19. The average Bonchev–Trinajstić information content (AvgIpc) is 2.88. The summed E-state index contributed by atoms with van der Waals surface area (Å²) in [6, 6.07) is 5.74. The van der Waals surface area contributed by atoms with Crippen molar-refractivity contribution in [1.29, 1.82) is 0 Å². The van der Waals surface area contributed by atoms with Gasteiger partial charge in [0.15, 0.2) is 0 Å². The van der Waals surface area contributed by atoms with E-state index in [1.165, 1.54) is 6.42 Å². The second-order valence-electron chi connectivity index (χ2n) is 6.17. The molecule has 2 atom stereocenters. The molecule has 20 heavy (non-hydrogen) atoms. The number of nitrogens with one attached hydrogen (secondary N) is 2. The zero-order valence-corrected chi connectivity index (χ0v) is 12.6. The Hall–Kier alpha value is -1.06. The molecule has 1 saturated carbocycles. The van der Waals surface area contributed by atoms with E-state index in [9.17, 15) is 4.79 Å². The number of hydrogen-bond donors (Lipinski definition) is 2. The van der Waals surface area contributed by atoms with Gasteiger partial charge in [0.2, 0.25) is 5.91 Å². The van der Waals surface area contributed by atoms with Crippen LogP contribution >= 0.6 is 11.6 Å². The molecule has 1 aliphatic heterocycles. The van der Waals surface area contributed by atoms with Crippen LogP contribution in [0, 0.1) is 18.3 Å². The normalized spacial score (nSPS) is 29.0. The van der Waals surface area contributed by atoms with Crippen LogP contribution in [0.4, 0.5) is 5.69 Å². The van der Waals surface area contributed by atoms with Crippen molar-refractivity contribution in [3.05, 3.63) is 28.8 Å². The van der Waals surface area contributed by atoms with E-state index in [-0.39, 0.29) is 11.3 Å². The van der Waals surface area contributed by atoms with Crippen molar-refractivity contribution in [1.82, 2.24) is 5.32 Å². The van der Waals surface area contributed by atoms with Crippen LogP contribution in [0.2, 0.25) is 5.02 Å². The molecule has 2 fully saturated rings. The Kier molecular flexibility index (Phi) is 3.74. The number of carbonyl (C=O) groups excluding carboxylic acids is 1. The largest absolute Gasteiger partial charge is 0.324 e. The third kappa shape index (κ3) is 2.33. The molecule has 4 heteroatoms. The first-order chi connectivity index (χ1) is 9.62. The number of fused-ring (bicyclic) bond motifs is 1. The van der Waals surface area contributed by atoms with E-state index >= 15 is 0 Å². The quantitative estimate of drug-likeness (QED) is 0.877. The van der Waals surface area contributed by atoms with Crippen LogP contribution in [0.25, 0.3) is 0 Å². The molecule has 3 nitrogen and oxygen atoms in total. The molecule has 1 amide bonds. The van der Waals surface area contributed by atoms with Gasteiger partial charge in [-0.15, -0.1) is 0 Å². The van der Waals surface area contributed by atoms with Crippen LogP contribution < -0.4 is 10.6 Å². The minimum absolute atomic E-state index is 0.139. The summed E-state index contributed by atoms with van der Waals surface area (Å²) < 4.78 is 0. The maximum atomic E-state index is 12.8. The van der Waals surface area contributed by atoms with Crippen molar-refractivity contribution in [3.8, 4) is 0 Å². The van der Waals surface area contributed by atoms with Gasteiger partial charge in [-0.2, -0.15) is 0 Å².